The van der Waals surface area contributed by atoms with Crippen LogP contribution in [-0.2, 0) is 0 Å². The maximum absolute atomic E-state index is 12.1. The van der Waals surface area contributed by atoms with Gasteiger partial charge in [0.2, 0.25) is 0 Å². The number of nitrogens with one attached hydrogen (secondary N) is 1. The number of amides is 1. The van der Waals surface area contributed by atoms with Gasteiger partial charge in [0.1, 0.15) is 10.8 Å². The van der Waals surface area contributed by atoms with Gasteiger partial charge in [-0.1, -0.05) is 38.3 Å². The fraction of sp³-hybridized carbons (Fsp3) is 0.643. The Hall–Kier alpha value is -1.16. The number of carbonyl (C=O) groups excluding carboxylic acids is 1. The van der Waals surface area contributed by atoms with Crippen LogP contribution < -0.4 is 5.32 Å². The summed E-state index contributed by atoms with van der Waals surface area (Å²) in [5, 5.41) is 3.40. The summed E-state index contributed by atoms with van der Waals surface area (Å²) in [7, 11) is 0. The Morgan fingerprint density at radius 2 is 2.05 bits per heavy atom. The van der Waals surface area contributed by atoms with Gasteiger partial charge in [-0.15, -0.1) is 0 Å². The molecule has 104 valence electrons. The van der Waals surface area contributed by atoms with E-state index >= 15 is 0 Å². The van der Waals surface area contributed by atoms with Crippen LogP contribution in [0.3, 0.4) is 0 Å². The van der Waals surface area contributed by atoms with Crippen molar-refractivity contribution in [2.75, 3.05) is 0 Å². The highest BCUT2D eigenvalue weighted by Crippen LogP contribution is 2.30. The van der Waals surface area contributed by atoms with Gasteiger partial charge in [-0.25, -0.2) is 9.97 Å². The summed E-state index contributed by atoms with van der Waals surface area (Å²) in [5.41, 5.74) is 0.331. The van der Waals surface area contributed by atoms with Crippen LogP contribution in [0.25, 0.3) is 0 Å². The molecule has 5 heteroatoms. The third kappa shape index (κ3) is 3.66. The Labute approximate surface area is 119 Å². The molecule has 1 saturated carbocycles. The zero-order valence-corrected chi connectivity index (χ0v) is 12.2. The van der Waals surface area contributed by atoms with Crippen molar-refractivity contribution in [1.82, 2.24) is 15.3 Å². The molecule has 0 aromatic carbocycles. The van der Waals surface area contributed by atoms with Gasteiger partial charge in [0.25, 0.3) is 5.91 Å². The summed E-state index contributed by atoms with van der Waals surface area (Å²) >= 11 is 5.67. The largest absolute Gasteiger partial charge is 0.348 e. The predicted octanol–water partition coefficient (Wildman–Crippen LogP) is 3.07. The van der Waals surface area contributed by atoms with Gasteiger partial charge in [-0.05, 0) is 24.7 Å². The van der Waals surface area contributed by atoms with Crippen LogP contribution >= 0.6 is 11.6 Å². The van der Waals surface area contributed by atoms with Crippen molar-refractivity contribution in [3.05, 3.63) is 23.2 Å². The molecule has 1 amide bonds. The van der Waals surface area contributed by atoms with Crippen molar-refractivity contribution in [3.63, 3.8) is 0 Å². The second-order valence-corrected chi connectivity index (χ2v) is 5.88. The van der Waals surface area contributed by atoms with E-state index in [1.54, 1.807) is 0 Å². The molecule has 0 radical (unpaired) electrons. The highest BCUT2D eigenvalue weighted by molar-refractivity contribution is 6.29. The molecule has 1 aromatic heterocycles. The third-order valence-electron chi connectivity index (χ3n) is 3.85. The summed E-state index contributed by atoms with van der Waals surface area (Å²) in [6, 6.07) is 0.249. The van der Waals surface area contributed by atoms with E-state index in [-0.39, 0.29) is 11.9 Å². The van der Waals surface area contributed by atoms with E-state index in [2.05, 4.69) is 29.1 Å². The molecule has 19 heavy (non-hydrogen) atoms. The van der Waals surface area contributed by atoms with Gasteiger partial charge < -0.3 is 5.32 Å². The highest BCUT2D eigenvalue weighted by atomic mass is 35.5. The fourth-order valence-corrected chi connectivity index (χ4v) is 2.91. The zero-order chi connectivity index (χ0) is 13.8. The monoisotopic (exact) mass is 281 g/mol. The minimum absolute atomic E-state index is 0.151. The fourth-order valence-electron chi connectivity index (χ4n) is 2.81. The van der Waals surface area contributed by atoms with Crippen LogP contribution in [0.15, 0.2) is 12.4 Å². The van der Waals surface area contributed by atoms with Crippen LogP contribution in [0.2, 0.25) is 5.15 Å². The number of hydrogen-bond donors (Lipinski definition) is 1. The van der Waals surface area contributed by atoms with Crippen molar-refractivity contribution in [1.29, 1.82) is 0 Å². The molecule has 2 rings (SSSR count). The van der Waals surface area contributed by atoms with Gasteiger partial charge in [0.05, 0.1) is 12.4 Å². The van der Waals surface area contributed by atoms with Crippen molar-refractivity contribution in [3.8, 4) is 0 Å². The molecule has 1 N–H and O–H groups in total. The normalized spacial score (nSPS) is 23.4. The molecule has 4 nitrogen and oxygen atoms in total. The zero-order valence-electron chi connectivity index (χ0n) is 11.4. The molecule has 0 bridgehead atoms. The van der Waals surface area contributed by atoms with Crippen molar-refractivity contribution in [2.45, 2.75) is 45.6 Å². The highest BCUT2D eigenvalue weighted by Gasteiger charge is 2.29. The lowest BCUT2D eigenvalue weighted by Gasteiger charge is -2.34. The van der Waals surface area contributed by atoms with E-state index in [1.807, 2.05) is 0 Å². The average Bonchev–Trinajstić information content (AvgIpc) is 2.39. The first-order chi connectivity index (χ1) is 9.08. The van der Waals surface area contributed by atoms with Gasteiger partial charge in [0, 0.05) is 6.04 Å². The minimum Gasteiger partial charge on any atom is -0.348 e. The van der Waals surface area contributed by atoms with Crippen molar-refractivity contribution in [2.24, 2.45) is 11.8 Å². The van der Waals surface area contributed by atoms with E-state index in [0.717, 1.165) is 6.42 Å². The molecule has 1 aliphatic rings. The minimum atomic E-state index is -0.151. The SMILES string of the molecule is CC(C)C1CCCCC1NC(=O)c1cnc(Cl)cn1. The number of nitrogens with zero attached hydrogens (tertiary/aromatic N) is 2. The molecule has 2 atom stereocenters. The number of carbonyl (C=O) groups is 1. The molecule has 0 spiro atoms. The Bertz CT molecular complexity index is 433. The molecule has 1 aliphatic carbocycles. The summed E-state index contributed by atoms with van der Waals surface area (Å²) in [5.74, 6) is 0.988. The smallest absolute Gasteiger partial charge is 0.271 e. The molecule has 2 unspecified atom stereocenters. The summed E-state index contributed by atoms with van der Waals surface area (Å²) in [6.07, 6.45) is 7.50. The van der Waals surface area contributed by atoms with E-state index in [9.17, 15) is 4.79 Å². The molecular weight excluding hydrogens is 262 g/mol. The summed E-state index contributed by atoms with van der Waals surface area (Å²) in [4.78, 5) is 20.0. The molecule has 0 saturated heterocycles. The van der Waals surface area contributed by atoms with Crippen LogP contribution in [0.5, 0.6) is 0 Å². The quantitative estimate of drug-likeness (QED) is 0.926. The first-order valence-corrected chi connectivity index (χ1v) is 7.24. The van der Waals surface area contributed by atoms with Crippen LogP contribution in [0.1, 0.15) is 50.0 Å². The van der Waals surface area contributed by atoms with Crippen LogP contribution in [0.4, 0.5) is 0 Å². The lowest BCUT2D eigenvalue weighted by Crippen LogP contribution is -2.44. The van der Waals surface area contributed by atoms with Crippen molar-refractivity contribution < 1.29 is 4.79 Å². The third-order valence-corrected chi connectivity index (χ3v) is 4.04. The van der Waals surface area contributed by atoms with E-state index in [0.29, 0.717) is 22.7 Å². The number of hydrogen-bond acceptors (Lipinski definition) is 3. The topological polar surface area (TPSA) is 54.9 Å². The lowest BCUT2D eigenvalue weighted by atomic mass is 9.78. The average molecular weight is 282 g/mol. The van der Waals surface area contributed by atoms with Gasteiger partial charge in [-0.2, -0.15) is 0 Å². The number of rotatable bonds is 3. The maximum Gasteiger partial charge on any atom is 0.271 e. The van der Waals surface area contributed by atoms with E-state index in [4.69, 9.17) is 11.6 Å². The van der Waals surface area contributed by atoms with E-state index in [1.165, 1.54) is 31.7 Å². The van der Waals surface area contributed by atoms with Crippen molar-refractivity contribution >= 4 is 17.5 Å². The second kappa shape index (κ2) is 6.33. The Morgan fingerprint density at radius 3 is 2.68 bits per heavy atom. The second-order valence-electron chi connectivity index (χ2n) is 5.50. The first kappa shape index (κ1) is 14.3. The predicted molar refractivity (Wildman–Crippen MR) is 75.1 cm³/mol. The molecule has 1 fully saturated rings. The Morgan fingerprint density at radius 1 is 1.32 bits per heavy atom. The van der Waals surface area contributed by atoms with E-state index < -0.39 is 0 Å². The maximum atomic E-state index is 12.1. The van der Waals surface area contributed by atoms with Gasteiger partial charge in [0.15, 0.2) is 0 Å². The van der Waals surface area contributed by atoms with Gasteiger partial charge >= 0.3 is 0 Å². The molecule has 0 aliphatic heterocycles. The summed E-state index contributed by atoms with van der Waals surface area (Å²) < 4.78 is 0. The lowest BCUT2D eigenvalue weighted by molar-refractivity contribution is 0.0883. The standard InChI is InChI=1S/C14H20ClN3O/c1-9(2)10-5-3-4-6-11(10)18-14(19)12-7-17-13(15)8-16-12/h7-11H,3-6H2,1-2H3,(H,18,19). The molecule has 1 heterocycles. The molecular formula is C14H20ClN3O. The number of halogens is 1. The Kier molecular flexibility index (Phi) is 4.75. The van der Waals surface area contributed by atoms with Crippen LogP contribution in [0, 0.1) is 11.8 Å². The Balaban J connectivity index is 2.02. The van der Waals surface area contributed by atoms with Crippen LogP contribution in [-0.4, -0.2) is 21.9 Å². The summed E-state index contributed by atoms with van der Waals surface area (Å²) in [6.45, 7) is 4.44. The van der Waals surface area contributed by atoms with Gasteiger partial charge in [-0.3, -0.25) is 4.79 Å². The molecule has 1 aromatic rings. The number of aromatic nitrogens is 2. The first-order valence-electron chi connectivity index (χ1n) is 6.86.